The molecule has 2 heteroatoms. The van der Waals surface area contributed by atoms with Gasteiger partial charge in [-0.3, -0.25) is 0 Å². The van der Waals surface area contributed by atoms with Crippen molar-refractivity contribution >= 4 is 5.97 Å². The summed E-state index contributed by atoms with van der Waals surface area (Å²) in [5.41, 5.74) is 0.812. The fraction of sp³-hybridized carbons (Fsp3) is 0.706. The van der Waals surface area contributed by atoms with Crippen molar-refractivity contribution in [3.63, 3.8) is 0 Å². The summed E-state index contributed by atoms with van der Waals surface area (Å²) in [4.78, 5) is 10.5. The summed E-state index contributed by atoms with van der Waals surface area (Å²) in [7, 11) is 0. The maximum Gasteiger partial charge on any atom is 0.328 e. The number of aliphatic carboxylic acids is 1. The molecule has 0 aromatic carbocycles. The highest BCUT2D eigenvalue weighted by molar-refractivity contribution is 5.81. The zero-order chi connectivity index (χ0) is 14.1. The molecule has 108 valence electrons. The smallest absolute Gasteiger partial charge is 0.328 e. The Bertz CT molecular complexity index is 322. The van der Waals surface area contributed by atoms with Crippen LogP contribution in [0.1, 0.15) is 65.2 Å². The van der Waals surface area contributed by atoms with E-state index in [4.69, 9.17) is 5.11 Å². The standard InChI is InChI=1S/C17H28O2/c1-14(7-6-8-15(2)13-17(18)19)11-12-16-9-4-3-5-10-16/h6,8,13-14,16H,3-5,7,9-12H2,1-2H3,(H,18,19). The molecule has 0 saturated heterocycles. The molecule has 1 saturated carbocycles. The lowest BCUT2D eigenvalue weighted by molar-refractivity contribution is -0.131. The van der Waals surface area contributed by atoms with Crippen LogP contribution in [0.5, 0.6) is 0 Å². The first kappa shape index (κ1) is 16.0. The zero-order valence-corrected chi connectivity index (χ0v) is 12.4. The largest absolute Gasteiger partial charge is 0.478 e. The van der Waals surface area contributed by atoms with Gasteiger partial charge < -0.3 is 5.11 Å². The Kier molecular flexibility index (Phi) is 7.54. The average Bonchev–Trinajstić information content (AvgIpc) is 2.36. The van der Waals surface area contributed by atoms with Gasteiger partial charge in [-0.2, -0.15) is 0 Å². The number of hydrogen-bond acceptors (Lipinski definition) is 1. The highest BCUT2D eigenvalue weighted by Gasteiger charge is 2.13. The van der Waals surface area contributed by atoms with Gasteiger partial charge in [0, 0.05) is 6.08 Å². The van der Waals surface area contributed by atoms with Crippen LogP contribution in [0.15, 0.2) is 23.8 Å². The van der Waals surface area contributed by atoms with Gasteiger partial charge >= 0.3 is 5.97 Å². The third-order valence-corrected chi connectivity index (χ3v) is 4.06. The molecule has 1 N–H and O–H groups in total. The van der Waals surface area contributed by atoms with Gasteiger partial charge in [0.05, 0.1) is 0 Å². The van der Waals surface area contributed by atoms with E-state index in [1.54, 1.807) is 0 Å². The lowest BCUT2D eigenvalue weighted by atomic mass is 9.84. The lowest BCUT2D eigenvalue weighted by Gasteiger charge is -2.22. The third kappa shape index (κ3) is 7.86. The SMILES string of the molecule is CC(C=CCC(C)CCC1CCCCC1)=CC(=O)O. The van der Waals surface area contributed by atoms with E-state index in [2.05, 4.69) is 13.0 Å². The number of rotatable bonds is 7. The van der Waals surface area contributed by atoms with Gasteiger partial charge in [0.2, 0.25) is 0 Å². The summed E-state index contributed by atoms with van der Waals surface area (Å²) in [5, 5.41) is 8.61. The van der Waals surface area contributed by atoms with E-state index >= 15 is 0 Å². The summed E-state index contributed by atoms with van der Waals surface area (Å²) >= 11 is 0. The molecular weight excluding hydrogens is 236 g/mol. The fourth-order valence-electron chi connectivity index (χ4n) is 2.84. The molecule has 1 atom stereocenters. The van der Waals surface area contributed by atoms with Gasteiger partial charge in [-0.05, 0) is 30.8 Å². The number of carboxylic acid groups (broad SMARTS) is 1. The Morgan fingerprint density at radius 2 is 2.00 bits per heavy atom. The van der Waals surface area contributed by atoms with Crippen molar-refractivity contribution in [1.82, 2.24) is 0 Å². The molecule has 2 nitrogen and oxygen atoms in total. The molecule has 0 amide bonds. The molecule has 0 aliphatic heterocycles. The second-order valence-electron chi connectivity index (χ2n) is 6.05. The highest BCUT2D eigenvalue weighted by atomic mass is 16.4. The van der Waals surface area contributed by atoms with Crippen LogP contribution in [0.2, 0.25) is 0 Å². The average molecular weight is 264 g/mol. The van der Waals surface area contributed by atoms with Crippen molar-refractivity contribution in [2.75, 3.05) is 0 Å². The van der Waals surface area contributed by atoms with Gasteiger partial charge in [-0.25, -0.2) is 4.79 Å². The molecule has 1 aliphatic carbocycles. The molecule has 1 rings (SSSR count). The molecule has 1 unspecified atom stereocenters. The van der Waals surface area contributed by atoms with Crippen LogP contribution in [0.3, 0.4) is 0 Å². The molecule has 0 bridgehead atoms. The van der Waals surface area contributed by atoms with Crippen LogP contribution in [-0.2, 0) is 4.79 Å². The Balaban J connectivity index is 2.18. The number of allylic oxidation sites excluding steroid dienone is 3. The first-order valence-electron chi connectivity index (χ1n) is 7.65. The Labute approximate surface area is 117 Å². The van der Waals surface area contributed by atoms with Crippen molar-refractivity contribution in [2.45, 2.75) is 65.2 Å². The Morgan fingerprint density at radius 1 is 1.32 bits per heavy atom. The minimum atomic E-state index is -0.868. The molecule has 1 fully saturated rings. The summed E-state index contributed by atoms with van der Waals surface area (Å²) in [6.45, 7) is 4.13. The van der Waals surface area contributed by atoms with Crippen molar-refractivity contribution in [3.8, 4) is 0 Å². The van der Waals surface area contributed by atoms with Crippen LogP contribution in [0.25, 0.3) is 0 Å². The molecule has 0 radical (unpaired) electrons. The summed E-state index contributed by atoms with van der Waals surface area (Å²) in [6.07, 6.45) is 16.2. The van der Waals surface area contributed by atoms with Crippen molar-refractivity contribution < 1.29 is 9.90 Å². The zero-order valence-electron chi connectivity index (χ0n) is 12.4. The van der Waals surface area contributed by atoms with E-state index in [0.29, 0.717) is 5.92 Å². The third-order valence-electron chi connectivity index (χ3n) is 4.06. The lowest BCUT2D eigenvalue weighted by Crippen LogP contribution is -2.07. The first-order chi connectivity index (χ1) is 9.08. The fourth-order valence-corrected chi connectivity index (χ4v) is 2.84. The normalized spacial score (nSPS) is 19.8. The van der Waals surface area contributed by atoms with E-state index < -0.39 is 5.97 Å². The quantitative estimate of drug-likeness (QED) is 0.521. The minimum absolute atomic E-state index is 0.704. The minimum Gasteiger partial charge on any atom is -0.478 e. The predicted octanol–water partition coefficient (Wildman–Crippen LogP) is 4.96. The van der Waals surface area contributed by atoms with Crippen LogP contribution < -0.4 is 0 Å². The van der Waals surface area contributed by atoms with Gasteiger partial charge in [-0.15, -0.1) is 0 Å². The predicted molar refractivity (Wildman–Crippen MR) is 80.1 cm³/mol. The van der Waals surface area contributed by atoms with E-state index in [1.165, 1.54) is 51.0 Å². The van der Waals surface area contributed by atoms with Crippen LogP contribution in [0, 0.1) is 11.8 Å². The van der Waals surface area contributed by atoms with Gasteiger partial charge in [0.15, 0.2) is 0 Å². The van der Waals surface area contributed by atoms with E-state index in [-0.39, 0.29) is 0 Å². The van der Waals surface area contributed by atoms with Crippen molar-refractivity contribution in [1.29, 1.82) is 0 Å². The molecule has 0 aromatic heterocycles. The topological polar surface area (TPSA) is 37.3 Å². The van der Waals surface area contributed by atoms with Gasteiger partial charge in [0.25, 0.3) is 0 Å². The van der Waals surface area contributed by atoms with Gasteiger partial charge in [-0.1, -0.05) is 64.0 Å². The molecular formula is C17H28O2. The second-order valence-corrected chi connectivity index (χ2v) is 6.05. The number of hydrogen-bond donors (Lipinski definition) is 1. The maximum atomic E-state index is 10.5. The monoisotopic (exact) mass is 264 g/mol. The highest BCUT2D eigenvalue weighted by Crippen LogP contribution is 2.29. The van der Waals surface area contributed by atoms with E-state index in [0.717, 1.165) is 17.9 Å². The number of carbonyl (C=O) groups is 1. The first-order valence-corrected chi connectivity index (χ1v) is 7.65. The second kappa shape index (κ2) is 8.95. The summed E-state index contributed by atoms with van der Waals surface area (Å²) in [5.74, 6) is 0.803. The van der Waals surface area contributed by atoms with E-state index in [9.17, 15) is 4.79 Å². The Hall–Kier alpha value is -1.05. The molecule has 0 aromatic rings. The van der Waals surface area contributed by atoms with Crippen molar-refractivity contribution in [2.24, 2.45) is 11.8 Å². The molecule has 19 heavy (non-hydrogen) atoms. The molecule has 0 heterocycles. The van der Waals surface area contributed by atoms with Crippen LogP contribution in [-0.4, -0.2) is 11.1 Å². The summed E-state index contributed by atoms with van der Waals surface area (Å²) < 4.78 is 0. The maximum absolute atomic E-state index is 10.5. The van der Waals surface area contributed by atoms with Crippen molar-refractivity contribution in [3.05, 3.63) is 23.8 Å². The molecule has 1 aliphatic rings. The van der Waals surface area contributed by atoms with Crippen LogP contribution in [0.4, 0.5) is 0 Å². The number of carboxylic acids is 1. The molecule has 0 spiro atoms. The van der Waals surface area contributed by atoms with Gasteiger partial charge in [0.1, 0.15) is 0 Å². The van der Waals surface area contributed by atoms with Crippen LogP contribution >= 0.6 is 0 Å². The Morgan fingerprint density at radius 3 is 2.63 bits per heavy atom. The summed E-state index contributed by atoms with van der Waals surface area (Å²) in [6, 6.07) is 0. The van der Waals surface area contributed by atoms with E-state index in [1.807, 2.05) is 13.0 Å².